The number of aromatic nitrogens is 3. The molecule has 3 aromatic heterocycles. The fourth-order valence-corrected chi connectivity index (χ4v) is 4.46. The summed E-state index contributed by atoms with van der Waals surface area (Å²) < 4.78 is 29.7. The smallest absolute Gasteiger partial charge is 0.135 e. The zero-order valence-electron chi connectivity index (χ0n) is 14.7. The Hall–Kier alpha value is -3.26. The van der Waals surface area contributed by atoms with E-state index in [9.17, 15) is 8.78 Å². The number of nitrogens with zero attached hydrogens (tertiary/aromatic N) is 5. The number of halogens is 2. The molecule has 5 nitrogen and oxygen atoms in total. The molecule has 0 fully saturated rings. The minimum absolute atomic E-state index is 0.239. The van der Waals surface area contributed by atoms with Crippen molar-refractivity contribution in [3.63, 3.8) is 0 Å². The lowest BCUT2D eigenvalue weighted by Crippen LogP contribution is -1.98. The highest BCUT2D eigenvalue weighted by atomic mass is 32.1. The fraction of sp³-hybridized carbons (Fsp3) is 0.100. The molecule has 8 heteroatoms. The van der Waals surface area contributed by atoms with Gasteiger partial charge in [-0.3, -0.25) is 0 Å². The van der Waals surface area contributed by atoms with Crippen molar-refractivity contribution in [2.75, 3.05) is 0 Å². The van der Waals surface area contributed by atoms with Gasteiger partial charge in [-0.25, -0.2) is 18.3 Å². The third-order valence-corrected chi connectivity index (χ3v) is 5.67. The first kappa shape index (κ1) is 16.9. The standard InChI is InChI=1S/C20H13F2N5S/c1-11-17(16-4-2-3-9-27(16)26-11)20-24-18(13-6-5-12(21)10-14(13)22)19(28-20)15-7-8-23-25-15/h2-6,8-10H,7H2,1H3. The molecule has 0 unspecified atom stereocenters. The van der Waals surface area contributed by atoms with Crippen LogP contribution in [0.1, 0.15) is 17.0 Å². The topological polar surface area (TPSA) is 54.9 Å². The summed E-state index contributed by atoms with van der Waals surface area (Å²) in [5.74, 6) is -1.28. The molecule has 138 valence electrons. The SMILES string of the molecule is Cc1nn2ccccc2c1-c1nc(-c2ccc(F)cc2F)c(C2=NN=CC2)s1. The van der Waals surface area contributed by atoms with E-state index >= 15 is 0 Å². The fourth-order valence-electron chi connectivity index (χ4n) is 3.28. The van der Waals surface area contributed by atoms with E-state index in [1.807, 2.05) is 31.3 Å². The van der Waals surface area contributed by atoms with E-state index in [1.165, 1.54) is 23.5 Å². The number of aryl methyl sites for hydroxylation is 1. The molecule has 0 aliphatic carbocycles. The van der Waals surface area contributed by atoms with E-state index in [0.29, 0.717) is 17.1 Å². The first-order valence-electron chi connectivity index (χ1n) is 8.61. The summed E-state index contributed by atoms with van der Waals surface area (Å²) in [7, 11) is 0. The molecule has 0 atom stereocenters. The monoisotopic (exact) mass is 393 g/mol. The molecule has 1 aliphatic rings. The van der Waals surface area contributed by atoms with E-state index in [1.54, 1.807) is 10.7 Å². The minimum atomic E-state index is -0.658. The lowest BCUT2D eigenvalue weighted by Gasteiger charge is -2.03. The van der Waals surface area contributed by atoms with Crippen LogP contribution in [0, 0.1) is 18.6 Å². The van der Waals surface area contributed by atoms with Crippen molar-refractivity contribution in [3.8, 4) is 21.8 Å². The van der Waals surface area contributed by atoms with E-state index in [2.05, 4.69) is 15.3 Å². The van der Waals surface area contributed by atoms with Crippen molar-refractivity contribution in [1.82, 2.24) is 14.6 Å². The van der Waals surface area contributed by atoms with Gasteiger partial charge in [0.15, 0.2) is 0 Å². The predicted molar refractivity (Wildman–Crippen MR) is 106 cm³/mol. The quantitative estimate of drug-likeness (QED) is 0.498. The number of hydrogen-bond donors (Lipinski definition) is 0. The molecular weight excluding hydrogens is 380 g/mol. The van der Waals surface area contributed by atoms with E-state index in [-0.39, 0.29) is 5.56 Å². The van der Waals surface area contributed by atoms with Gasteiger partial charge in [0.2, 0.25) is 0 Å². The third-order valence-electron chi connectivity index (χ3n) is 4.55. The van der Waals surface area contributed by atoms with Gasteiger partial charge in [0.05, 0.1) is 33.1 Å². The molecule has 0 bridgehead atoms. The summed E-state index contributed by atoms with van der Waals surface area (Å²) in [5.41, 5.74) is 4.02. The number of thiazole rings is 1. The number of rotatable bonds is 3. The zero-order valence-corrected chi connectivity index (χ0v) is 15.5. The molecule has 0 radical (unpaired) electrons. The second kappa shape index (κ2) is 6.42. The van der Waals surface area contributed by atoms with Gasteiger partial charge in [0.25, 0.3) is 0 Å². The van der Waals surface area contributed by atoms with E-state index in [0.717, 1.165) is 33.4 Å². The predicted octanol–water partition coefficient (Wildman–Crippen LogP) is 4.89. The maximum absolute atomic E-state index is 14.5. The van der Waals surface area contributed by atoms with Crippen LogP contribution in [-0.4, -0.2) is 26.5 Å². The maximum Gasteiger partial charge on any atom is 0.135 e. The number of hydrogen-bond acceptors (Lipinski definition) is 5. The molecule has 5 rings (SSSR count). The minimum Gasteiger partial charge on any atom is -0.240 e. The van der Waals surface area contributed by atoms with E-state index in [4.69, 9.17) is 4.98 Å². The number of pyridine rings is 1. The van der Waals surface area contributed by atoms with Gasteiger partial charge < -0.3 is 0 Å². The Morgan fingerprint density at radius 3 is 2.82 bits per heavy atom. The molecular formula is C20H13F2N5S. The Bertz CT molecular complexity index is 1290. The van der Waals surface area contributed by atoms with Crippen molar-refractivity contribution >= 4 is 28.8 Å². The van der Waals surface area contributed by atoms with Crippen molar-refractivity contribution in [3.05, 3.63) is 64.8 Å². The average Bonchev–Trinajstić information content (AvgIpc) is 3.38. The first-order valence-corrected chi connectivity index (χ1v) is 9.43. The second-order valence-corrected chi connectivity index (χ2v) is 7.36. The van der Waals surface area contributed by atoms with Crippen LogP contribution in [0.15, 0.2) is 52.8 Å². The second-order valence-electron chi connectivity index (χ2n) is 6.36. The van der Waals surface area contributed by atoms with Gasteiger partial charge in [-0.1, -0.05) is 6.07 Å². The molecule has 0 spiro atoms. The summed E-state index contributed by atoms with van der Waals surface area (Å²) in [6.45, 7) is 1.91. The molecule has 1 aliphatic heterocycles. The summed E-state index contributed by atoms with van der Waals surface area (Å²) >= 11 is 1.42. The summed E-state index contributed by atoms with van der Waals surface area (Å²) in [5, 5.41) is 13.3. The molecule has 4 heterocycles. The highest BCUT2D eigenvalue weighted by Gasteiger charge is 2.24. The lowest BCUT2D eigenvalue weighted by molar-refractivity contribution is 0.585. The van der Waals surface area contributed by atoms with Crippen molar-refractivity contribution in [2.24, 2.45) is 10.2 Å². The number of fused-ring (bicyclic) bond motifs is 1. The van der Waals surface area contributed by atoms with Crippen LogP contribution in [-0.2, 0) is 0 Å². The Morgan fingerprint density at radius 2 is 2.04 bits per heavy atom. The van der Waals surface area contributed by atoms with Crippen LogP contribution in [0.2, 0.25) is 0 Å². The summed E-state index contributed by atoms with van der Waals surface area (Å²) in [4.78, 5) is 5.46. The molecule has 28 heavy (non-hydrogen) atoms. The van der Waals surface area contributed by atoms with Crippen LogP contribution in [0.5, 0.6) is 0 Å². The molecule has 0 saturated heterocycles. The average molecular weight is 393 g/mol. The normalized spacial score (nSPS) is 13.5. The molecule has 1 aromatic carbocycles. The Labute approximate surface area is 162 Å². The van der Waals surface area contributed by atoms with Crippen molar-refractivity contribution in [1.29, 1.82) is 0 Å². The first-order chi connectivity index (χ1) is 13.6. The van der Waals surface area contributed by atoms with Crippen LogP contribution >= 0.6 is 11.3 Å². The van der Waals surface area contributed by atoms with Crippen LogP contribution in [0.3, 0.4) is 0 Å². The van der Waals surface area contributed by atoms with Crippen LogP contribution in [0.4, 0.5) is 8.78 Å². The van der Waals surface area contributed by atoms with Gasteiger partial charge in [-0.05, 0) is 31.2 Å². The lowest BCUT2D eigenvalue weighted by atomic mass is 10.1. The molecule has 0 amide bonds. The summed E-state index contributed by atoms with van der Waals surface area (Å²) in [6, 6.07) is 9.31. The molecule has 0 N–H and O–H groups in total. The van der Waals surface area contributed by atoms with Gasteiger partial charge in [0.1, 0.15) is 16.6 Å². The highest BCUT2D eigenvalue weighted by molar-refractivity contribution is 7.17. The number of benzene rings is 1. The Balaban J connectivity index is 1.76. The highest BCUT2D eigenvalue weighted by Crippen LogP contribution is 2.39. The van der Waals surface area contributed by atoms with E-state index < -0.39 is 11.6 Å². The van der Waals surface area contributed by atoms with Crippen molar-refractivity contribution < 1.29 is 8.78 Å². The molecule has 0 saturated carbocycles. The third kappa shape index (κ3) is 2.65. The van der Waals surface area contributed by atoms with Crippen molar-refractivity contribution in [2.45, 2.75) is 13.3 Å². The van der Waals surface area contributed by atoms with Gasteiger partial charge >= 0.3 is 0 Å². The Morgan fingerprint density at radius 1 is 1.14 bits per heavy atom. The van der Waals surface area contributed by atoms with Gasteiger partial charge in [0, 0.05) is 30.5 Å². The zero-order chi connectivity index (χ0) is 19.3. The van der Waals surface area contributed by atoms with Gasteiger partial charge in [-0.15, -0.1) is 11.3 Å². The largest absolute Gasteiger partial charge is 0.240 e. The maximum atomic E-state index is 14.5. The molecule has 4 aromatic rings. The van der Waals surface area contributed by atoms with Crippen LogP contribution < -0.4 is 0 Å². The Kier molecular flexibility index (Phi) is 3.87. The van der Waals surface area contributed by atoms with Gasteiger partial charge in [-0.2, -0.15) is 15.3 Å². The summed E-state index contributed by atoms with van der Waals surface area (Å²) in [6.07, 6.45) is 4.11. The van der Waals surface area contributed by atoms with Crippen LogP contribution in [0.25, 0.3) is 27.3 Å².